The van der Waals surface area contributed by atoms with Crippen molar-refractivity contribution in [1.29, 1.82) is 0 Å². The number of nitrogens with zero attached hydrogens (tertiary/aromatic N) is 1. The first-order valence-electron chi connectivity index (χ1n) is 7.48. The highest BCUT2D eigenvalue weighted by molar-refractivity contribution is 7.92. The highest BCUT2D eigenvalue weighted by Crippen LogP contribution is 2.22. The normalized spacial score (nSPS) is 18.3. The third kappa shape index (κ3) is 4.13. The van der Waals surface area contributed by atoms with E-state index in [1.807, 2.05) is 0 Å². The molecule has 2 N–H and O–H groups in total. The van der Waals surface area contributed by atoms with Gasteiger partial charge in [0, 0.05) is 18.8 Å². The lowest BCUT2D eigenvalue weighted by Crippen LogP contribution is -2.32. The Labute approximate surface area is 131 Å². The number of carbonyl (C=O) groups is 1. The minimum atomic E-state index is -3.30. The van der Waals surface area contributed by atoms with Gasteiger partial charge in [0.05, 0.1) is 11.4 Å². The minimum absolute atomic E-state index is 0.0259. The molecule has 7 heteroatoms. The number of likely N-dealkylation sites (tertiary alicyclic amines) is 1. The summed E-state index contributed by atoms with van der Waals surface area (Å²) in [6.45, 7) is 7.08. The number of nitrogens with one attached hydrogen (secondary N) is 2. The molecule has 122 valence electrons. The van der Waals surface area contributed by atoms with Gasteiger partial charge in [-0.15, -0.1) is 0 Å². The number of carbonyl (C=O) groups excluding carboxylic acids is 1. The van der Waals surface area contributed by atoms with E-state index in [1.165, 1.54) is 0 Å². The van der Waals surface area contributed by atoms with Gasteiger partial charge in [-0.1, -0.05) is 6.92 Å². The molecular weight excluding hydrogens is 302 g/mol. The van der Waals surface area contributed by atoms with Crippen molar-refractivity contribution >= 4 is 27.4 Å². The Bertz CT molecular complexity index is 658. The van der Waals surface area contributed by atoms with E-state index in [4.69, 9.17) is 0 Å². The van der Waals surface area contributed by atoms with E-state index in [1.54, 1.807) is 36.9 Å². The number of urea groups is 1. The molecule has 1 aliphatic heterocycles. The second-order valence-corrected chi connectivity index (χ2v) is 7.82. The quantitative estimate of drug-likeness (QED) is 0.893. The van der Waals surface area contributed by atoms with Gasteiger partial charge >= 0.3 is 6.03 Å². The zero-order valence-corrected chi connectivity index (χ0v) is 14.0. The van der Waals surface area contributed by atoms with Crippen molar-refractivity contribution in [2.75, 3.05) is 28.9 Å². The van der Waals surface area contributed by atoms with E-state index in [2.05, 4.69) is 17.0 Å². The summed E-state index contributed by atoms with van der Waals surface area (Å²) >= 11 is 0. The van der Waals surface area contributed by atoms with E-state index in [0.717, 1.165) is 25.1 Å². The van der Waals surface area contributed by atoms with Crippen molar-refractivity contribution in [3.8, 4) is 0 Å². The van der Waals surface area contributed by atoms with Crippen molar-refractivity contribution in [2.24, 2.45) is 5.92 Å². The molecule has 1 heterocycles. The monoisotopic (exact) mass is 325 g/mol. The third-order valence-corrected chi connectivity index (χ3v) is 5.13. The number of sulfonamides is 1. The van der Waals surface area contributed by atoms with Crippen LogP contribution in [0.1, 0.15) is 25.8 Å². The molecule has 2 rings (SSSR count). The van der Waals surface area contributed by atoms with Crippen LogP contribution in [0, 0.1) is 12.8 Å². The van der Waals surface area contributed by atoms with Crippen LogP contribution < -0.4 is 10.0 Å². The second-order valence-electron chi connectivity index (χ2n) is 5.81. The van der Waals surface area contributed by atoms with Gasteiger partial charge < -0.3 is 10.2 Å². The number of aryl methyl sites for hydroxylation is 1. The Kier molecular flexibility index (Phi) is 4.95. The summed E-state index contributed by atoms with van der Waals surface area (Å²) in [5.41, 5.74) is 1.97. The maximum absolute atomic E-state index is 12.1. The molecule has 0 radical (unpaired) electrons. The van der Waals surface area contributed by atoms with E-state index >= 15 is 0 Å². The topological polar surface area (TPSA) is 78.5 Å². The number of amides is 2. The lowest BCUT2D eigenvalue weighted by atomic mass is 10.2. The van der Waals surface area contributed by atoms with Crippen LogP contribution in [0.2, 0.25) is 0 Å². The third-order valence-electron chi connectivity index (χ3n) is 3.83. The van der Waals surface area contributed by atoms with Crippen LogP contribution in [-0.2, 0) is 10.0 Å². The molecule has 1 aromatic rings. The Morgan fingerprint density at radius 3 is 2.68 bits per heavy atom. The SMILES string of the molecule is CCS(=O)(=O)Nc1ccc(NC(=O)N2CCC(C)C2)cc1C. The van der Waals surface area contributed by atoms with Crippen molar-refractivity contribution in [3.63, 3.8) is 0 Å². The van der Waals surface area contributed by atoms with Gasteiger partial charge in [0.25, 0.3) is 0 Å². The Hall–Kier alpha value is -1.76. The van der Waals surface area contributed by atoms with Gasteiger partial charge in [0.15, 0.2) is 0 Å². The maximum Gasteiger partial charge on any atom is 0.321 e. The van der Waals surface area contributed by atoms with Crippen molar-refractivity contribution in [2.45, 2.75) is 27.2 Å². The first-order valence-corrected chi connectivity index (χ1v) is 9.13. The fourth-order valence-electron chi connectivity index (χ4n) is 2.42. The summed E-state index contributed by atoms with van der Waals surface area (Å²) in [6.07, 6.45) is 1.03. The number of hydrogen-bond donors (Lipinski definition) is 2. The maximum atomic E-state index is 12.1. The lowest BCUT2D eigenvalue weighted by molar-refractivity contribution is 0.221. The molecule has 6 nitrogen and oxygen atoms in total. The lowest BCUT2D eigenvalue weighted by Gasteiger charge is -2.17. The Morgan fingerprint density at radius 1 is 1.41 bits per heavy atom. The minimum Gasteiger partial charge on any atom is -0.324 e. The number of anilines is 2. The van der Waals surface area contributed by atoms with E-state index in [9.17, 15) is 13.2 Å². The first-order chi connectivity index (χ1) is 10.3. The zero-order valence-electron chi connectivity index (χ0n) is 13.2. The number of rotatable bonds is 4. The number of hydrogen-bond acceptors (Lipinski definition) is 3. The summed E-state index contributed by atoms with van der Waals surface area (Å²) in [4.78, 5) is 13.9. The largest absolute Gasteiger partial charge is 0.324 e. The van der Waals surface area contributed by atoms with Gasteiger partial charge in [-0.05, 0) is 49.9 Å². The highest BCUT2D eigenvalue weighted by Gasteiger charge is 2.23. The van der Waals surface area contributed by atoms with Crippen LogP contribution in [0.3, 0.4) is 0 Å². The van der Waals surface area contributed by atoms with Crippen LogP contribution in [-0.4, -0.2) is 38.2 Å². The smallest absolute Gasteiger partial charge is 0.321 e. The molecule has 1 fully saturated rings. The molecule has 1 saturated heterocycles. The zero-order chi connectivity index (χ0) is 16.3. The summed E-state index contributed by atoms with van der Waals surface area (Å²) in [7, 11) is -3.30. The summed E-state index contributed by atoms with van der Waals surface area (Å²) < 4.78 is 25.7. The molecule has 0 aromatic heterocycles. The Morgan fingerprint density at radius 2 is 2.14 bits per heavy atom. The molecule has 0 saturated carbocycles. The molecule has 1 aliphatic rings. The van der Waals surface area contributed by atoms with Gasteiger partial charge in [-0.25, -0.2) is 13.2 Å². The van der Waals surface area contributed by atoms with Crippen LogP contribution >= 0.6 is 0 Å². The van der Waals surface area contributed by atoms with Crippen LogP contribution in [0.25, 0.3) is 0 Å². The van der Waals surface area contributed by atoms with E-state index in [-0.39, 0.29) is 11.8 Å². The molecule has 2 amide bonds. The van der Waals surface area contributed by atoms with Crippen molar-refractivity contribution < 1.29 is 13.2 Å². The van der Waals surface area contributed by atoms with Gasteiger partial charge in [-0.2, -0.15) is 0 Å². The van der Waals surface area contributed by atoms with Crippen LogP contribution in [0.5, 0.6) is 0 Å². The highest BCUT2D eigenvalue weighted by atomic mass is 32.2. The van der Waals surface area contributed by atoms with Crippen molar-refractivity contribution in [3.05, 3.63) is 23.8 Å². The molecule has 0 spiro atoms. The van der Waals surface area contributed by atoms with E-state index in [0.29, 0.717) is 17.3 Å². The Balaban J connectivity index is 2.05. The molecule has 0 bridgehead atoms. The molecular formula is C15H23N3O3S. The average molecular weight is 325 g/mol. The van der Waals surface area contributed by atoms with Crippen molar-refractivity contribution in [1.82, 2.24) is 4.90 Å². The van der Waals surface area contributed by atoms with E-state index < -0.39 is 10.0 Å². The predicted molar refractivity (Wildman–Crippen MR) is 88.6 cm³/mol. The van der Waals surface area contributed by atoms with Gasteiger partial charge in [0.2, 0.25) is 10.0 Å². The van der Waals surface area contributed by atoms with Crippen LogP contribution in [0.4, 0.5) is 16.2 Å². The first kappa shape index (κ1) is 16.6. The summed E-state index contributed by atoms with van der Waals surface area (Å²) in [5.74, 6) is 0.566. The van der Waals surface area contributed by atoms with Gasteiger partial charge in [0.1, 0.15) is 0 Å². The van der Waals surface area contributed by atoms with Crippen LogP contribution in [0.15, 0.2) is 18.2 Å². The molecule has 1 atom stereocenters. The summed E-state index contributed by atoms with van der Waals surface area (Å²) in [6, 6.07) is 5.04. The fraction of sp³-hybridized carbons (Fsp3) is 0.533. The molecule has 1 unspecified atom stereocenters. The molecule has 22 heavy (non-hydrogen) atoms. The van der Waals surface area contributed by atoms with Gasteiger partial charge in [-0.3, -0.25) is 4.72 Å². The predicted octanol–water partition coefficient (Wildman–Crippen LogP) is 2.63. The summed E-state index contributed by atoms with van der Waals surface area (Å²) in [5, 5.41) is 2.86. The molecule has 1 aromatic carbocycles. The average Bonchev–Trinajstić information content (AvgIpc) is 2.88. The molecule has 0 aliphatic carbocycles. The standard InChI is InChI=1S/C15H23N3O3S/c1-4-22(20,21)17-14-6-5-13(9-12(14)3)16-15(19)18-8-7-11(2)10-18/h5-6,9,11,17H,4,7-8,10H2,1-3H3,(H,16,19). The number of benzene rings is 1. The fourth-order valence-corrected chi connectivity index (χ4v) is 3.13. The second kappa shape index (κ2) is 6.56.